The van der Waals surface area contributed by atoms with E-state index < -0.39 is 0 Å². The Kier molecular flexibility index (Phi) is 1.91. The van der Waals surface area contributed by atoms with Crippen molar-refractivity contribution in [3.63, 3.8) is 0 Å². The first kappa shape index (κ1) is 9.32. The summed E-state index contributed by atoms with van der Waals surface area (Å²) >= 11 is 0. The topological polar surface area (TPSA) is 26.0 Å². The van der Waals surface area contributed by atoms with E-state index in [4.69, 9.17) is 5.73 Å². The van der Waals surface area contributed by atoms with Gasteiger partial charge >= 0.3 is 0 Å². The minimum absolute atomic E-state index is 0.253. The smallest absolute Gasteiger partial charge is 0.0320 e. The van der Waals surface area contributed by atoms with Crippen LogP contribution in [0.25, 0.3) is 5.57 Å². The fourth-order valence-electron chi connectivity index (χ4n) is 2.11. The van der Waals surface area contributed by atoms with Gasteiger partial charge in [0.2, 0.25) is 0 Å². The molecular formula is C13H17N. The SMILES string of the molecule is CC1=CCC(C)(C)c2ccc(N)cc21. The van der Waals surface area contributed by atoms with Crippen molar-refractivity contribution >= 4 is 11.3 Å². The van der Waals surface area contributed by atoms with Crippen LogP contribution in [0.1, 0.15) is 38.3 Å². The Balaban J connectivity index is 2.66. The number of fused-ring (bicyclic) bond motifs is 1. The van der Waals surface area contributed by atoms with Gasteiger partial charge in [0.1, 0.15) is 0 Å². The summed E-state index contributed by atoms with van der Waals surface area (Å²) in [5.41, 5.74) is 11.0. The first-order valence-electron chi connectivity index (χ1n) is 5.08. The second-order valence-electron chi connectivity index (χ2n) is 4.78. The highest BCUT2D eigenvalue weighted by atomic mass is 14.5. The molecule has 2 rings (SSSR count). The van der Waals surface area contributed by atoms with Crippen LogP contribution in [0.3, 0.4) is 0 Å². The predicted molar refractivity (Wildman–Crippen MR) is 62.1 cm³/mol. The van der Waals surface area contributed by atoms with Crippen molar-refractivity contribution < 1.29 is 0 Å². The summed E-state index contributed by atoms with van der Waals surface area (Å²) in [5.74, 6) is 0. The van der Waals surface area contributed by atoms with Gasteiger partial charge in [-0.2, -0.15) is 0 Å². The molecular weight excluding hydrogens is 170 g/mol. The van der Waals surface area contributed by atoms with Crippen molar-refractivity contribution in [2.45, 2.75) is 32.6 Å². The Bertz CT molecular complexity index is 400. The zero-order valence-corrected chi connectivity index (χ0v) is 9.09. The van der Waals surface area contributed by atoms with Crippen LogP contribution < -0.4 is 5.73 Å². The minimum atomic E-state index is 0.253. The van der Waals surface area contributed by atoms with Gasteiger partial charge in [-0.15, -0.1) is 0 Å². The molecule has 14 heavy (non-hydrogen) atoms. The van der Waals surface area contributed by atoms with Crippen molar-refractivity contribution in [2.75, 3.05) is 5.73 Å². The number of allylic oxidation sites excluding steroid dienone is 2. The zero-order chi connectivity index (χ0) is 10.3. The first-order valence-corrected chi connectivity index (χ1v) is 5.08. The molecule has 0 bridgehead atoms. The second kappa shape index (κ2) is 2.88. The van der Waals surface area contributed by atoms with E-state index in [0.717, 1.165) is 12.1 Å². The largest absolute Gasteiger partial charge is 0.399 e. The number of rotatable bonds is 0. The van der Waals surface area contributed by atoms with E-state index in [1.165, 1.54) is 16.7 Å². The maximum absolute atomic E-state index is 5.81. The summed E-state index contributed by atoms with van der Waals surface area (Å²) < 4.78 is 0. The fraction of sp³-hybridized carbons (Fsp3) is 0.385. The lowest BCUT2D eigenvalue weighted by atomic mass is 9.73. The number of nitrogens with two attached hydrogens (primary N) is 1. The van der Waals surface area contributed by atoms with Crippen molar-refractivity contribution in [2.24, 2.45) is 0 Å². The normalized spacial score (nSPS) is 18.6. The second-order valence-corrected chi connectivity index (χ2v) is 4.78. The Hall–Kier alpha value is -1.24. The minimum Gasteiger partial charge on any atom is -0.399 e. The van der Waals surface area contributed by atoms with Gasteiger partial charge in [-0.25, -0.2) is 0 Å². The highest BCUT2D eigenvalue weighted by Crippen LogP contribution is 2.39. The molecule has 0 aromatic heterocycles. The van der Waals surface area contributed by atoms with Crippen LogP contribution in [-0.4, -0.2) is 0 Å². The summed E-state index contributed by atoms with van der Waals surface area (Å²) in [6.07, 6.45) is 3.43. The molecule has 0 unspecified atom stereocenters. The number of nitrogen functional groups attached to an aromatic ring is 1. The summed E-state index contributed by atoms with van der Waals surface area (Å²) in [4.78, 5) is 0. The van der Waals surface area contributed by atoms with Crippen LogP contribution in [-0.2, 0) is 5.41 Å². The van der Waals surface area contributed by atoms with Gasteiger partial charge in [0.25, 0.3) is 0 Å². The number of hydrogen-bond acceptors (Lipinski definition) is 1. The van der Waals surface area contributed by atoms with E-state index in [1.54, 1.807) is 0 Å². The first-order chi connectivity index (χ1) is 6.50. The molecule has 1 aliphatic rings. The van der Waals surface area contributed by atoms with Gasteiger partial charge in [0.15, 0.2) is 0 Å². The highest BCUT2D eigenvalue weighted by molar-refractivity contribution is 5.72. The van der Waals surface area contributed by atoms with Crippen molar-refractivity contribution in [1.82, 2.24) is 0 Å². The Morgan fingerprint density at radius 2 is 2.00 bits per heavy atom. The van der Waals surface area contributed by atoms with Gasteiger partial charge in [0, 0.05) is 5.69 Å². The molecule has 0 fully saturated rings. The third kappa shape index (κ3) is 1.33. The fourth-order valence-corrected chi connectivity index (χ4v) is 2.11. The molecule has 1 nitrogen and oxygen atoms in total. The molecule has 0 atom stereocenters. The van der Waals surface area contributed by atoms with Crippen LogP contribution >= 0.6 is 0 Å². The standard InChI is InChI=1S/C13H17N/c1-9-6-7-13(2,3)12-5-4-10(14)8-11(9)12/h4-6,8H,7,14H2,1-3H3. The maximum Gasteiger partial charge on any atom is 0.0320 e. The monoisotopic (exact) mass is 187 g/mol. The van der Waals surface area contributed by atoms with Crippen LogP contribution in [0.4, 0.5) is 5.69 Å². The van der Waals surface area contributed by atoms with Crippen molar-refractivity contribution in [1.29, 1.82) is 0 Å². The molecule has 0 radical (unpaired) electrons. The Labute approximate surface area is 85.6 Å². The van der Waals surface area contributed by atoms with Gasteiger partial charge < -0.3 is 5.73 Å². The number of benzene rings is 1. The average molecular weight is 187 g/mol. The van der Waals surface area contributed by atoms with E-state index >= 15 is 0 Å². The molecule has 1 aromatic carbocycles. The Morgan fingerprint density at radius 3 is 2.71 bits per heavy atom. The van der Waals surface area contributed by atoms with Gasteiger partial charge in [0.05, 0.1) is 0 Å². The van der Waals surface area contributed by atoms with Gasteiger partial charge in [-0.3, -0.25) is 0 Å². The van der Waals surface area contributed by atoms with Gasteiger partial charge in [-0.05, 0) is 47.6 Å². The molecule has 0 spiro atoms. The van der Waals surface area contributed by atoms with E-state index in [1.807, 2.05) is 6.07 Å². The van der Waals surface area contributed by atoms with Crippen LogP contribution in [0.15, 0.2) is 24.3 Å². The lowest BCUT2D eigenvalue weighted by Crippen LogP contribution is -2.21. The molecule has 0 amide bonds. The molecule has 0 saturated carbocycles. The predicted octanol–water partition coefficient (Wildman–Crippen LogP) is 3.35. The molecule has 74 valence electrons. The maximum atomic E-state index is 5.81. The summed E-state index contributed by atoms with van der Waals surface area (Å²) in [6, 6.07) is 6.25. The van der Waals surface area contributed by atoms with E-state index in [9.17, 15) is 0 Å². The third-order valence-corrected chi connectivity index (χ3v) is 3.12. The molecule has 1 aromatic rings. The summed E-state index contributed by atoms with van der Waals surface area (Å²) in [5, 5.41) is 0. The van der Waals surface area contributed by atoms with Crippen LogP contribution in [0.5, 0.6) is 0 Å². The number of hydrogen-bond donors (Lipinski definition) is 1. The van der Waals surface area contributed by atoms with Crippen LogP contribution in [0, 0.1) is 0 Å². The molecule has 0 saturated heterocycles. The van der Waals surface area contributed by atoms with Crippen molar-refractivity contribution in [3.8, 4) is 0 Å². The van der Waals surface area contributed by atoms with E-state index in [-0.39, 0.29) is 5.41 Å². The van der Waals surface area contributed by atoms with E-state index in [2.05, 4.69) is 39.0 Å². The summed E-state index contributed by atoms with van der Waals surface area (Å²) in [7, 11) is 0. The zero-order valence-electron chi connectivity index (χ0n) is 9.09. The van der Waals surface area contributed by atoms with Gasteiger partial charge in [-0.1, -0.05) is 26.0 Å². The molecule has 1 heteroatoms. The number of anilines is 1. The quantitative estimate of drug-likeness (QED) is 0.619. The molecule has 0 aliphatic heterocycles. The van der Waals surface area contributed by atoms with Crippen LogP contribution in [0.2, 0.25) is 0 Å². The highest BCUT2D eigenvalue weighted by Gasteiger charge is 2.26. The average Bonchev–Trinajstić information content (AvgIpc) is 2.12. The lowest BCUT2D eigenvalue weighted by Gasteiger charge is -2.31. The van der Waals surface area contributed by atoms with E-state index in [0.29, 0.717) is 0 Å². The molecule has 1 aliphatic carbocycles. The lowest BCUT2D eigenvalue weighted by molar-refractivity contribution is 0.527. The summed E-state index contributed by atoms with van der Waals surface area (Å²) in [6.45, 7) is 6.73. The molecule has 2 N–H and O–H groups in total. The molecule has 0 heterocycles. The Morgan fingerprint density at radius 1 is 1.29 bits per heavy atom. The third-order valence-electron chi connectivity index (χ3n) is 3.12. The van der Waals surface area contributed by atoms with Crippen molar-refractivity contribution in [3.05, 3.63) is 35.4 Å².